The molecular formula is C23H28N2O2. The van der Waals surface area contributed by atoms with E-state index in [0.717, 1.165) is 16.8 Å². The average molecular weight is 364 g/mol. The predicted octanol–water partition coefficient (Wildman–Crippen LogP) is 4.06. The quantitative estimate of drug-likeness (QED) is 0.695. The summed E-state index contributed by atoms with van der Waals surface area (Å²) in [5, 5.41) is 14.9. The minimum absolute atomic E-state index is 0.212. The molecule has 3 atom stereocenters. The van der Waals surface area contributed by atoms with Gasteiger partial charge in [0.05, 0.1) is 0 Å². The molecule has 0 radical (unpaired) electrons. The minimum Gasteiger partial charge on any atom is -0.392 e. The van der Waals surface area contributed by atoms with E-state index >= 15 is 0 Å². The molecule has 1 aliphatic carbocycles. The van der Waals surface area contributed by atoms with E-state index < -0.39 is 6.10 Å². The van der Waals surface area contributed by atoms with Crippen LogP contribution < -0.4 is 0 Å². The van der Waals surface area contributed by atoms with E-state index in [4.69, 9.17) is 4.84 Å². The van der Waals surface area contributed by atoms with Crippen LogP contribution in [0.3, 0.4) is 0 Å². The van der Waals surface area contributed by atoms with Crippen molar-refractivity contribution < 1.29 is 9.94 Å². The standard InChI is InChI=1S/C23H28N2O2/c1-16-8-7-9-17(2)25(16)14-18(26)15-27-24-23-21-12-5-3-10-19(21)20-11-4-6-13-22(20)23/h3-6,10-13,16-18,26H,7-9,14-15H2,1-2H3/t16-,17-,18-/m0/s1. The van der Waals surface area contributed by atoms with Gasteiger partial charge in [0, 0.05) is 29.8 Å². The van der Waals surface area contributed by atoms with Crippen molar-refractivity contribution in [2.75, 3.05) is 13.2 Å². The molecule has 0 saturated carbocycles. The Bertz CT molecular complexity index is 775. The van der Waals surface area contributed by atoms with E-state index in [1.807, 2.05) is 24.3 Å². The maximum atomic E-state index is 10.5. The van der Waals surface area contributed by atoms with Crippen LogP contribution in [0.4, 0.5) is 0 Å². The molecule has 1 aliphatic heterocycles. The first-order valence-corrected chi connectivity index (χ1v) is 9.98. The normalized spacial score (nSPS) is 22.9. The van der Waals surface area contributed by atoms with E-state index in [1.165, 1.54) is 30.4 Å². The number of rotatable bonds is 5. The van der Waals surface area contributed by atoms with Crippen LogP contribution in [0.5, 0.6) is 0 Å². The van der Waals surface area contributed by atoms with Crippen LogP contribution >= 0.6 is 0 Å². The highest BCUT2D eigenvalue weighted by Gasteiger charge is 2.27. The molecule has 27 heavy (non-hydrogen) atoms. The van der Waals surface area contributed by atoms with Gasteiger partial charge in [0.2, 0.25) is 0 Å². The second-order valence-corrected chi connectivity index (χ2v) is 7.81. The molecule has 2 aromatic rings. The molecule has 0 amide bonds. The molecular weight excluding hydrogens is 336 g/mol. The Morgan fingerprint density at radius 3 is 2.04 bits per heavy atom. The van der Waals surface area contributed by atoms with E-state index in [9.17, 15) is 5.11 Å². The number of oxime groups is 1. The lowest BCUT2D eigenvalue weighted by atomic mass is 9.97. The van der Waals surface area contributed by atoms with Gasteiger partial charge in [0.25, 0.3) is 0 Å². The lowest BCUT2D eigenvalue weighted by Gasteiger charge is -2.39. The molecule has 4 heteroatoms. The Morgan fingerprint density at radius 2 is 1.48 bits per heavy atom. The van der Waals surface area contributed by atoms with Crippen molar-refractivity contribution in [3.8, 4) is 11.1 Å². The number of hydrogen-bond donors (Lipinski definition) is 1. The molecule has 142 valence electrons. The molecule has 1 saturated heterocycles. The van der Waals surface area contributed by atoms with Crippen LogP contribution in [0, 0.1) is 0 Å². The summed E-state index contributed by atoms with van der Waals surface area (Å²) in [7, 11) is 0. The van der Waals surface area contributed by atoms with Crippen LogP contribution in [-0.4, -0.2) is 47.1 Å². The summed E-state index contributed by atoms with van der Waals surface area (Å²) in [4.78, 5) is 8.01. The third-order valence-corrected chi connectivity index (χ3v) is 5.87. The van der Waals surface area contributed by atoms with Crippen molar-refractivity contribution >= 4 is 5.71 Å². The number of likely N-dealkylation sites (tertiary alicyclic amines) is 1. The summed E-state index contributed by atoms with van der Waals surface area (Å²) in [5.74, 6) is 0. The Kier molecular flexibility index (Phi) is 5.28. The Balaban J connectivity index is 1.44. The number of aliphatic hydroxyl groups excluding tert-OH is 1. The first-order chi connectivity index (χ1) is 13.1. The summed E-state index contributed by atoms with van der Waals surface area (Å²) in [6.45, 7) is 5.34. The first kappa shape index (κ1) is 18.2. The van der Waals surface area contributed by atoms with Crippen molar-refractivity contribution in [3.05, 3.63) is 59.7 Å². The second kappa shape index (κ2) is 7.83. The molecule has 0 spiro atoms. The third-order valence-electron chi connectivity index (χ3n) is 5.87. The topological polar surface area (TPSA) is 45.1 Å². The minimum atomic E-state index is -0.538. The van der Waals surface area contributed by atoms with E-state index in [0.29, 0.717) is 18.6 Å². The molecule has 2 aromatic carbocycles. The van der Waals surface area contributed by atoms with Crippen molar-refractivity contribution in [2.45, 2.75) is 51.3 Å². The smallest absolute Gasteiger partial charge is 0.144 e. The molecule has 0 unspecified atom stereocenters. The van der Waals surface area contributed by atoms with Crippen molar-refractivity contribution in [1.29, 1.82) is 0 Å². The van der Waals surface area contributed by atoms with Crippen LogP contribution in [0.25, 0.3) is 11.1 Å². The summed E-state index contributed by atoms with van der Waals surface area (Å²) in [6.07, 6.45) is 3.14. The van der Waals surface area contributed by atoms with E-state index in [1.54, 1.807) is 0 Å². The fraction of sp³-hybridized carbons (Fsp3) is 0.435. The van der Waals surface area contributed by atoms with Gasteiger partial charge >= 0.3 is 0 Å². The number of piperidine rings is 1. The number of nitrogens with zero attached hydrogens (tertiary/aromatic N) is 2. The Hall–Kier alpha value is -2.17. The van der Waals surface area contributed by atoms with Crippen LogP contribution in [0.1, 0.15) is 44.2 Å². The maximum absolute atomic E-state index is 10.5. The van der Waals surface area contributed by atoms with Crippen LogP contribution in [0.2, 0.25) is 0 Å². The van der Waals surface area contributed by atoms with Gasteiger partial charge in [-0.1, -0.05) is 60.1 Å². The van der Waals surface area contributed by atoms with Gasteiger partial charge in [-0.2, -0.15) is 0 Å². The largest absolute Gasteiger partial charge is 0.392 e. The monoisotopic (exact) mass is 364 g/mol. The first-order valence-electron chi connectivity index (χ1n) is 9.98. The van der Waals surface area contributed by atoms with Crippen molar-refractivity contribution in [2.24, 2.45) is 5.16 Å². The summed E-state index contributed by atoms with van der Waals surface area (Å²) < 4.78 is 0. The fourth-order valence-electron chi connectivity index (χ4n) is 4.41. The molecule has 1 heterocycles. The summed E-state index contributed by atoms with van der Waals surface area (Å²) in [6, 6.07) is 17.5. The van der Waals surface area contributed by atoms with Gasteiger partial charge in [-0.3, -0.25) is 4.90 Å². The lowest BCUT2D eigenvalue weighted by Crippen LogP contribution is -2.48. The van der Waals surface area contributed by atoms with Gasteiger partial charge in [0.15, 0.2) is 0 Å². The Morgan fingerprint density at radius 1 is 0.963 bits per heavy atom. The maximum Gasteiger partial charge on any atom is 0.144 e. The van der Waals surface area contributed by atoms with E-state index in [2.05, 4.69) is 48.2 Å². The highest BCUT2D eigenvalue weighted by molar-refractivity contribution is 6.24. The second-order valence-electron chi connectivity index (χ2n) is 7.81. The zero-order valence-corrected chi connectivity index (χ0v) is 16.1. The number of β-amino-alcohol motifs (C(OH)–C–C–N with tert-alkyl or cyclic N) is 1. The molecule has 2 aliphatic rings. The fourth-order valence-corrected chi connectivity index (χ4v) is 4.41. The van der Waals surface area contributed by atoms with Gasteiger partial charge in [-0.25, -0.2) is 0 Å². The summed E-state index contributed by atoms with van der Waals surface area (Å²) in [5.41, 5.74) is 5.41. The number of hydrogen-bond acceptors (Lipinski definition) is 4. The van der Waals surface area contributed by atoms with Crippen molar-refractivity contribution in [1.82, 2.24) is 4.90 Å². The molecule has 4 rings (SSSR count). The van der Waals surface area contributed by atoms with E-state index in [-0.39, 0.29) is 6.61 Å². The number of benzene rings is 2. The van der Waals surface area contributed by atoms with Crippen molar-refractivity contribution in [3.63, 3.8) is 0 Å². The highest BCUT2D eigenvalue weighted by atomic mass is 16.6. The zero-order chi connectivity index (χ0) is 18.8. The van der Waals surface area contributed by atoms with Crippen LogP contribution in [0.15, 0.2) is 53.7 Å². The molecule has 1 fully saturated rings. The highest BCUT2D eigenvalue weighted by Crippen LogP contribution is 2.36. The predicted molar refractivity (Wildman–Crippen MR) is 109 cm³/mol. The summed E-state index contributed by atoms with van der Waals surface area (Å²) >= 11 is 0. The Labute approximate surface area is 161 Å². The third kappa shape index (κ3) is 3.64. The molecule has 0 aromatic heterocycles. The average Bonchev–Trinajstić information content (AvgIpc) is 2.99. The van der Waals surface area contributed by atoms with Crippen LogP contribution in [-0.2, 0) is 4.84 Å². The number of fused-ring (bicyclic) bond motifs is 3. The molecule has 1 N–H and O–H groups in total. The van der Waals surface area contributed by atoms with Gasteiger partial charge in [-0.05, 0) is 37.8 Å². The molecule has 4 nitrogen and oxygen atoms in total. The number of aliphatic hydroxyl groups is 1. The SMILES string of the molecule is C[C@H]1CCC[C@H](C)N1C[C@H](O)CON=C1c2ccccc2-c2ccccc21. The molecule has 0 bridgehead atoms. The zero-order valence-electron chi connectivity index (χ0n) is 16.1. The van der Waals surface area contributed by atoms with Gasteiger partial charge in [-0.15, -0.1) is 0 Å². The van der Waals surface area contributed by atoms with Gasteiger partial charge < -0.3 is 9.94 Å². The lowest BCUT2D eigenvalue weighted by molar-refractivity contribution is -0.00746. The van der Waals surface area contributed by atoms with Gasteiger partial charge in [0.1, 0.15) is 18.4 Å².